The fraction of sp³-hybridized carbons (Fsp3) is 0.438. The molecule has 1 aliphatic heterocycles. The van der Waals surface area contributed by atoms with Crippen molar-refractivity contribution in [3.05, 3.63) is 34.5 Å². The molecule has 3 rings (SSSR count). The molecule has 106 valence electrons. The lowest BCUT2D eigenvalue weighted by Gasteiger charge is -2.32. The second kappa shape index (κ2) is 4.35. The molecule has 2 N–H and O–H groups in total. The Kier molecular flexibility index (Phi) is 2.87. The standard InChI is InChI=1S/C16H19NO3/c1-9-4-5-10(2)14-13(9)11-6-7-20-16(3,8-12(18)19)15(11)17-14/h4-5,17H,6-8H2,1-3H3,(H,18,19). The lowest BCUT2D eigenvalue weighted by atomic mass is 9.89. The van der Waals surface area contributed by atoms with E-state index in [2.05, 4.69) is 31.0 Å². The summed E-state index contributed by atoms with van der Waals surface area (Å²) in [6, 6.07) is 4.21. The van der Waals surface area contributed by atoms with Crippen LogP contribution in [0.15, 0.2) is 12.1 Å². The number of carboxylic acid groups (broad SMARTS) is 1. The van der Waals surface area contributed by atoms with E-state index < -0.39 is 11.6 Å². The summed E-state index contributed by atoms with van der Waals surface area (Å²) in [6.45, 7) is 6.59. The maximum Gasteiger partial charge on any atom is 0.306 e. The first kappa shape index (κ1) is 13.2. The van der Waals surface area contributed by atoms with E-state index in [0.29, 0.717) is 6.61 Å². The predicted octanol–water partition coefficient (Wildman–Crippen LogP) is 3.05. The topological polar surface area (TPSA) is 62.3 Å². The molecule has 1 unspecified atom stereocenters. The van der Waals surface area contributed by atoms with Crippen molar-refractivity contribution >= 4 is 16.9 Å². The highest BCUT2D eigenvalue weighted by Gasteiger charge is 2.38. The molecule has 0 bridgehead atoms. The Labute approximate surface area is 117 Å². The molecule has 1 atom stereocenters. The van der Waals surface area contributed by atoms with Crippen molar-refractivity contribution in [1.82, 2.24) is 4.98 Å². The minimum atomic E-state index is -0.840. The van der Waals surface area contributed by atoms with Crippen LogP contribution in [0.2, 0.25) is 0 Å². The van der Waals surface area contributed by atoms with Crippen LogP contribution in [0.5, 0.6) is 0 Å². The number of nitrogens with one attached hydrogen (secondary N) is 1. The SMILES string of the molecule is Cc1ccc(C)c2c3c([nH]c12)C(C)(CC(=O)O)OCC3. The quantitative estimate of drug-likeness (QED) is 0.884. The predicted molar refractivity (Wildman–Crippen MR) is 77.0 cm³/mol. The summed E-state index contributed by atoms with van der Waals surface area (Å²) in [4.78, 5) is 14.6. The first-order chi connectivity index (χ1) is 9.42. The molecule has 0 spiro atoms. The highest BCUT2D eigenvalue weighted by molar-refractivity contribution is 5.91. The third-order valence-electron chi connectivity index (χ3n) is 4.27. The van der Waals surface area contributed by atoms with Gasteiger partial charge in [-0.1, -0.05) is 12.1 Å². The van der Waals surface area contributed by atoms with Crippen molar-refractivity contribution in [3.8, 4) is 0 Å². The highest BCUT2D eigenvalue weighted by Crippen LogP contribution is 2.40. The number of hydrogen-bond acceptors (Lipinski definition) is 2. The van der Waals surface area contributed by atoms with Gasteiger partial charge in [-0.15, -0.1) is 0 Å². The summed E-state index contributed by atoms with van der Waals surface area (Å²) in [6.07, 6.45) is 0.805. The van der Waals surface area contributed by atoms with Gasteiger partial charge in [-0.2, -0.15) is 0 Å². The minimum absolute atomic E-state index is 0.0229. The zero-order valence-corrected chi connectivity index (χ0v) is 12.0. The van der Waals surface area contributed by atoms with E-state index in [0.717, 1.165) is 17.6 Å². The lowest BCUT2D eigenvalue weighted by molar-refractivity contribution is -0.146. The number of benzene rings is 1. The highest BCUT2D eigenvalue weighted by atomic mass is 16.5. The second-order valence-corrected chi connectivity index (χ2v) is 5.83. The molecule has 1 aromatic heterocycles. The Morgan fingerprint density at radius 3 is 2.80 bits per heavy atom. The molecule has 20 heavy (non-hydrogen) atoms. The van der Waals surface area contributed by atoms with Gasteiger partial charge in [0.1, 0.15) is 5.60 Å². The lowest BCUT2D eigenvalue weighted by Crippen LogP contribution is -2.34. The number of H-pyrrole nitrogens is 1. The first-order valence-electron chi connectivity index (χ1n) is 6.89. The number of carboxylic acids is 1. The molecule has 4 nitrogen and oxygen atoms in total. The van der Waals surface area contributed by atoms with Crippen LogP contribution in [-0.4, -0.2) is 22.7 Å². The van der Waals surface area contributed by atoms with E-state index in [-0.39, 0.29) is 6.42 Å². The van der Waals surface area contributed by atoms with Crippen molar-refractivity contribution in [2.45, 2.75) is 39.2 Å². The zero-order chi connectivity index (χ0) is 14.5. The van der Waals surface area contributed by atoms with Crippen molar-refractivity contribution < 1.29 is 14.6 Å². The summed E-state index contributed by atoms with van der Waals surface area (Å²) in [5.74, 6) is -0.840. The van der Waals surface area contributed by atoms with Gasteiger partial charge in [-0.3, -0.25) is 4.79 Å². The Morgan fingerprint density at radius 1 is 1.40 bits per heavy atom. The van der Waals surface area contributed by atoms with Gasteiger partial charge in [0.05, 0.1) is 18.7 Å². The van der Waals surface area contributed by atoms with E-state index in [4.69, 9.17) is 9.84 Å². The molecule has 4 heteroatoms. The smallest absolute Gasteiger partial charge is 0.306 e. The summed E-state index contributed by atoms with van der Waals surface area (Å²) in [5, 5.41) is 10.4. The summed E-state index contributed by atoms with van der Waals surface area (Å²) in [5.41, 5.74) is 4.89. The van der Waals surface area contributed by atoms with Crippen LogP contribution in [0, 0.1) is 13.8 Å². The van der Waals surface area contributed by atoms with Crippen molar-refractivity contribution in [2.24, 2.45) is 0 Å². The van der Waals surface area contributed by atoms with E-state index in [1.807, 2.05) is 6.92 Å². The third-order valence-corrected chi connectivity index (χ3v) is 4.27. The van der Waals surface area contributed by atoms with Gasteiger partial charge in [0.25, 0.3) is 0 Å². The van der Waals surface area contributed by atoms with Gasteiger partial charge in [0, 0.05) is 10.9 Å². The molecular formula is C16H19NO3. The van der Waals surface area contributed by atoms with Crippen LogP contribution >= 0.6 is 0 Å². The van der Waals surface area contributed by atoms with Crippen molar-refractivity contribution in [3.63, 3.8) is 0 Å². The molecular weight excluding hydrogens is 254 g/mol. The Hall–Kier alpha value is -1.81. The first-order valence-corrected chi connectivity index (χ1v) is 6.89. The molecule has 0 fully saturated rings. The van der Waals surface area contributed by atoms with Crippen LogP contribution in [0.1, 0.15) is 35.7 Å². The molecule has 0 amide bonds. The van der Waals surface area contributed by atoms with E-state index in [1.165, 1.54) is 22.1 Å². The third kappa shape index (κ3) is 1.83. The van der Waals surface area contributed by atoms with Gasteiger partial charge < -0.3 is 14.8 Å². The fourth-order valence-corrected chi connectivity index (χ4v) is 3.27. The van der Waals surface area contributed by atoms with Gasteiger partial charge in [-0.25, -0.2) is 0 Å². The number of carbonyl (C=O) groups is 1. The monoisotopic (exact) mass is 273 g/mol. The molecule has 0 aliphatic carbocycles. The second-order valence-electron chi connectivity index (χ2n) is 5.83. The molecule has 2 aromatic rings. The largest absolute Gasteiger partial charge is 0.481 e. The summed E-state index contributed by atoms with van der Waals surface area (Å²) >= 11 is 0. The van der Waals surface area contributed by atoms with Gasteiger partial charge in [0.15, 0.2) is 0 Å². The Morgan fingerprint density at radius 2 is 2.10 bits per heavy atom. The molecule has 1 aliphatic rings. The van der Waals surface area contributed by atoms with E-state index >= 15 is 0 Å². The fourth-order valence-electron chi connectivity index (χ4n) is 3.27. The Bertz CT molecular complexity index is 701. The maximum atomic E-state index is 11.1. The number of ether oxygens (including phenoxy) is 1. The number of aromatic nitrogens is 1. The van der Waals surface area contributed by atoms with Crippen LogP contribution in [-0.2, 0) is 21.6 Å². The van der Waals surface area contributed by atoms with Gasteiger partial charge >= 0.3 is 5.97 Å². The number of aliphatic carboxylic acids is 1. The molecule has 0 saturated carbocycles. The van der Waals surface area contributed by atoms with Gasteiger partial charge in [0.2, 0.25) is 0 Å². The summed E-state index contributed by atoms with van der Waals surface area (Å²) in [7, 11) is 0. The molecule has 0 saturated heterocycles. The van der Waals surface area contributed by atoms with Crippen LogP contribution in [0.4, 0.5) is 0 Å². The average molecular weight is 273 g/mol. The number of rotatable bonds is 2. The number of aromatic amines is 1. The van der Waals surface area contributed by atoms with Crippen molar-refractivity contribution in [2.75, 3.05) is 6.61 Å². The Balaban J connectivity index is 2.28. The van der Waals surface area contributed by atoms with Crippen LogP contribution in [0.25, 0.3) is 10.9 Å². The van der Waals surface area contributed by atoms with E-state index in [9.17, 15) is 4.79 Å². The number of aryl methyl sites for hydroxylation is 2. The average Bonchev–Trinajstić information content (AvgIpc) is 2.75. The van der Waals surface area contributed by atoms with E-state index in [1.54, 1.807) is 0 Å². The van der Waals surface area contributed by atoms with Crippen molar-refractivity contribution in [1.29, 1.82) is 0 Å². The normalized spacial score (nSPS) is 21.9. The molecule has 2 heterocycles. The van der Waals surface area contributed by atoms with Crippen LogP contribution in [0.3, 0.4) is 0 Å². The van der Waals surface area contributed by atoms with Crippen LogP contribution < -0.4 is 0 Å². The number of fused-ring (bicyclic) bond motifs is 3. The molecule has 1 aromatic carbocycles. The minimum Gasteiger partial charge on any atom is -0.481 e. The maximum absolute atomic E-state index is 11.1. The number of hydrogen-bond donors (Lipinski definition) is 2. The summed E-state index contributed by atoms with van der Waals surface area (Å²) < 4.78 is 5.80. The zero-order valence-electron chi connectivity index (χ0n) is 12.0. The molecule has 0 radical (unpaired) electrons. The van der Waals surface area contributed by atoms with Gasteiger partial charge in [-0.05, 0) is 43.9 Å².